The van der Waals surface area contributed by atoms with E-state index in [2.05, 4.69) is 0 Å². The number of hydroxylamine groups is 6. The Bertz CT molecular complexity index is 1230. The summed E-state index contributed by atoms with van der Waals surface area (Å²) >= 11 is 0. The highest BCUT2D eigenvalue weighted by Crippen LogP contribution is 2.13. The van der Waals surface area contributed by atoms with Crippen LogP contribution >= 0.6 is 0 Å². The first-order valence-corrected chi connectivity index (χ1v) is 17.3. The third-order valence-corrected chi connectivity index (χ3v) is 8.24. The van der Waals surface area contributed by atoms with Gasteiger partial charge in [-0.15, -0.1) is 0 Å². The lowest BCUT2D eigenvalue weighted by atomic mass is 10.0. The molecule has 1 rings (SSSR count). The summed E-state index contributed by atoms with van der Waals surface area (Å²) in [6, 6.07) is -1.98. The Labute approximate surface area is 299 Å². The highest BCUT2D eigenvalue weighted by Gasteiger charge is 2.21. The molecule has 290 valence electrons. The van der Waals surface area contributed by atoms with Gasteiger partial charge in [0.05, 0.1) is 25.7 Å². The molecule has 4 atom stereocenters. The largest absolute Gasteiger partial charge is 0.465 e. The van der Waals surface area contributed by atoms with Crippen molar-refractivity contribution in [2.75, 3.05) is 39.5 Å². The van der Waals surface area contributed by atoms with Crippen molar-refractivity contribution in [3.05, 3.63) is 23.3 Å². The van der Waals surface area contributed by atoms with E-state index in [1.165, 1.54) is 6.08 Å². The van der Waals surface area contributed by atoms with Crippen LogP contribution in [-0.2, 0) is 43.0 Å². The number of carbonyl (C=O) groups excluding carboxylic acids is 6. The number of nitrogens with zero attached hydrogens (tertiary/aromatic N) is 3. The summed E-state index contributed by atoms with van der Waals surface area (Å²) in [5, 5.41) is 32.0. The second-order valence-electron chi connectivity index (χ2n) is 13.0. The first-order valence-electron chi connectivity index (χ1n) is 17.3. The summed E-state index contributed by atoms with van der Waals surface area (Å²) in [5.74, 6) is -4.50. The van der Waals surface area contributed by atoms with E-state index < -0.39 is 53.6 Å². The van der Waals surface area contributed by atoms with Gasteiger partial charge in [-0.25, -0.2) is 15.2 Å². The molecule has 4 unspecified atom stereocenters. The number of ether oxygens (including phenoxy) is 3. The van der Waals surface area contributed by atoms with E-state index in [9.17, 15) is 44.4 Å². The van der Waals surface area contributed by atoms with Crippen molar-refractivity contribution < 1.29 is 58.6 Å². The molecule has 17 nitrogen and oxygen atoms in total. The summed E-state index contributed by atoms with van der Waals surface area (Å²) in [7, 11) is 0. The summed E-state index contributed by atoms with van der Waals surface area (Å²) in [6.07, 6.45) is 4.42. The van der Waals surface area contributed by atoms with Gasteiger partial charge in [0.2, 0.25) is 11.8 Å². The van der Waals surface area contributed by atoms with Crippen LogP contribution in [-0.4, -0.2) is 118 Å². The number of carbonyl (C=O) groups is 6. The molecule has 3 amide bonds. The minimum absolute atomic E-state index is 0.00404. The third kappa shape index (κ3) is 19.3. The molecule has 17 heteroatoms. The zero-order valence-corrected chi connectivity index (χ0v) is 30.3. The van der Waals surface area contributed by atoms with E-state index >= 15 is 0 Å². The van der Waals surface area contributed by atoms with E-state index in [0.29, 0.717) is 33.6 Å². The summed E-state index contributed by atoms with van der Waals surface area (Å²) < 4.78 is 15.7. The van der Waals surface area contributed by atoms with E-state index in [-0.39, 0.29) is 96.7 Å². The molecule has 0 fully saturated rings. The maximum Gasteiger partial charge on any atom is 0.322 e. The number of hydrogen-bond acceptors (Lipinski definition) is 14. The van der Waals surface area contributed by atoms with E-state index in [4.69, 9.17) is 25.7 Å². The van der Waals surface area contributed by atoms with Crippen LogP contribution in [0.3, 0.4) is 0 Å². The van der Waals surface area contributed by atoms with E-state index in [1.807, 2.05) is 0 Å². The van der Waals surface area contributed by atoms with Crippen molar-refractivity contribution in [1.29, 1.82) is 0 Å². The number of hydrogen-bond donors (Lipinski definition) is 5. The zero-order valence-electron chi connectivity index (χ0n) is 30.3. The van der Waals surface area contributed by atoms with Crippen molar-refractivity contribution >= 4 is 35.6 Å². The first-order chi connectivity index (χ1) is 24.0. The fraction of sp³-hybridized carbons (Fsp3) is 0.706. The highest BCUT2D eigenvalue weighted by atomic mass is 16.5. The van der Waals surface area contributed by atoms with Crippen LogP contribution in [0.2, 0.25) is 0 Å². The molecule has 7 N–H and O–H groups in total. The standard InChI is InChI=1S/C34H57N5O12/c1-23-9-10-29(40)39(48)17-11-26(4)32(43)49-19-13-24(2)21-30(41)37(46)16-6-8-28(36)34(45)51-20-14-25(3)22-31(42)38(47)15-5-7-27(35)33(44)50-18-12-23/h9,22,24,26-28,46-48H,5-8,10-21,35-36H2,1-4H3/b23-9-,25-22+. The summed E-state index contributed by atoms with van der Waals surface area (Å²) in [6.45, 7) is 6.48. The van der Waals surface area contributed by atoms with Gasteiger partial charge in [-0.2, -0.15) is 0 Å². The quantitative estimate of drug-likeness (QED) is 0.104. The molecule has 0 aromatic rings. The molecule has 0 bridgehead atoms. The van der Waals surface area contributed by atoms with Crippen LogP contribution in [0.5, 0.6) is 0 Å². The molecular weight excluding hydrogens is 670 g/mol. The van der Waals surface area contributed by atoms with Gasteiger partial charge in [0, 0.05) is 51.4 Å². The van der Waals surface area contributed by atoms with Crippen molar-refractivity contribution in [2.24, 2.45) is 23.3 Å². The Balaban J connectivity index is 2.81. The minimum atomic E-state index is -0.995. The fourth-order valence-corrected chi connectivity index (χ4v) is 4.63. The monoisotopic (exact) mass is 727 g/mol. The molecule has 0 radical (unpaired) electrons. The molecule has 0 aromatic carbocycles. The summed E-state index contributed by atoms with van der Waals surface area (Å²) in [4.78, 5) is 74.0. The van der Waals surface area contributed by atoms with E-state index in [0.717, 1.165) is 5.57 Å². The van der Waals surface area contributed by atoms with Crippen LogP contribution < -0.4 is 11.5 Å². The van der Waals surface area contributed by atoms with Crippen LogP contribution in [0.25, 0.3) is 0 Å². The minimum Gasteiger partial charge on any atom is -0.465 e. The van der Waals surface area contributed by atoms with Crippen molar-refractivity contribution in [2.45, 2.75) is 104 Å². The average Bonchev–Trinajstić information content (AvgIpc) is 3.08. The van der Waals surface area contributed by atoms with Gasteiger partial charge in [-0.05, 0) is 58.3 Å². The van der Waals surface area contributed by atoms with Crippen molar-refractivity contribution in [3.63, 3.8) is 0 Å². The molecule has 1 aliphatic heterocycles. The van der Waals surface area contributed by atoms with Crippen LogP contribution in [0.4, 0.5) is 0 Å². The Morgan fingerprint density at radius 1 is 0.647 bits per heavy atom. The molecule has 51 heavy (non-hydrogen) atoms. The van der Waals surface area contributed by atoms with Gasteiger partial charge in [-0.3, -0.25) is 44.4 Å². The predicted molar refractivity (Wildman–Crippen MR) is 181 cm³/mol. The van der Waals surface area contributed by atoms with Crippen molar-refractivity contribution in [1.82, 2.24) is 15.2 Å². The topological polar surface area (TPSA) is 253 Å². The molecule has 0 saturated heterocycles. The zero-order chi connectivity index (χ0) is 38.5. The number of esters is 3. The number of nitrogens with two attached hydrogens (primary N) is 2. The van der Waals surface area contributed by atoms with Gasteiger partial charge in [0.1, 0.15) is 12.1 Å². The highest BCUT2D eigenvalue weighted by molar-refractivity contribution is 5.87. The first kappa shape index (κ1) is 45.1. The smallest absolute Gasteiger partial charge is 0.322 e. The molecular formula is C34H57N5O12. The maximum absolute atomic E-state index is 12.4. The lowest BCUT2D eigenvalue weighted by Gasteiger charge is -2.19. The third-order valence-electron chi connectivity index (χ3n) is 8.24. The molecule has 1 aliphatic rings. The maximum atomic E-state index is 12.4. The Kier molecular flexibility index (Phi) is 21.5. The molecule has 0 aliphatic carbocycles. The fourth-order valence-electron chi connectivity index (χ4n) is 4.63. The Morgan fingerprint density at radius 2 is 1.16 bits per heavy atom. The lowest BCUT2D eigenvalue weighted by molar-refractivity contribution is -0.167. The number of cyclic esters (lactones) is 3. The van der Waals surface area contributed by atoms with Gasteiger partial charge in [0.25, 0.3) is 5.91 Å². The molecule has 0 saturated carbocycles. The van der Waals surface area contributed by atoms with Crippen LogP contribution in [0, 0.1) is 11.8 Å². The van der Waals surface area contributed by atoms with Crippen LogP contribution in [0.1, 0.15) is 91.9 Å². The van der Waals surface area contributed by atoms with Gasteiger partial charge < -0.3 is 25.7 Å². The van der Waals surface area contributed by atoms with Crippen molar-refractivity contribution in [3.8, 4) is 0 Å². The SMILES string of the molecule is C/C1=C/CC(=O)N(O)CCC(C)C(=O)OCCC(C)CC(=O)N(O)CCCC(N)C(=O)OCC/C(C)=C/C(=O)N(O)CCCC(N)C(=O)OCC1. The second-order valence-corrected chi connectivity index (χ2v) is 13.0. The normalized spacial score (nSPS) is 28.1. The average molecular weight is 728 g/mol. The Hall–Kier alpha value is -3.90. The lowest BCUT2D eigenvalue weighted by Crippen LogP contribution is -2.35. The van der Waals surface area contributed by atoms with Gasteiger partial charge in [0.15, 0.2) is 0 Å². The summed E-state index contributed by atoms with van der Waals surface area (Å²) in [5.41, 5.74) is 13.0. The second kappa shape index (κ2) is 24.3. The van der Waals surface area contributed by atoms with Gasteiger partial charge >= 0.3 is 17.9 Å². The van der Waals surface area contributed by atoms with Crippen LogP contribution in [0.15, 0.2) is 23.3 Å². The molecule has 0 aromatic heterocycles. The predicted octanol–water partition coefficient (Wildman–Crippen LogP) is 2.00. The Morgan fingerprint density at radius 3 is 1.75 bits per heavy atom. The molecule has 0 spiro atoms. The molecule has 1 heterocycles. The number of amides is 3. The number of rotatable bonds is 0. The van der Waals surface area contributed by atoms with Gasteiger partial charge in [-0.1, -0.05) is 31.1 Å². The van der Waals surface area contributed by atoms with E-state index in [1.54, 1.807) is 33.8 Å².